The minimum absolute atomic E-state index is 0.0348. The number of carbonyl (C=O) groups excluding carboxylic acids is 2. The molecule has 2 N–H and O–H groups in total. The lowest BCUT2D eigenvalue weighted by atomic mass is 9.88. The zero-order chi connectivity index (χ0) is 24.3. The van der Waals surface area contributed by atoms with Crippen LogP contribution in [0.5, 0.6) is 0 Å². The van der Waals surface area contributed by atoms with E-state index < -0.39 is 52.8 Å². The second kappa shape index (κ2) is 8.89. The van der Waals surface area contributed by atoms with Gasteiger partial charge in [-0.3, -0.25) is 9.59 Å². The summed E-state index contributed by atoms with van der Waals surface area (Å²) >= 11 is 37.1. The van der Waals surface area contributed by atoms with Crippen molar-refractivity contribution in [2.45, 2.75) is 35.1 Å². The summed E-state index contributed by atoms with van der Waals surface area (Å²) < 4.78 is 24.6. The van der Waals surface area contributed by atoms with Crippen molar-refractivity contribution in [3.05, 3.63) is 61.5 Å². The van der Waals surface area contributed by atoms with Crippen LogP contribution in [0.4, 0.5) is 14.5 Å². The normalized spacial score (nSPS) is 22.9. The molecule has 0 heterocycles. The molecule has 12 heteroatoms. The fraction of sp³-hybridized carbons (Fsp3) is 0.333. The maximum Gasteiger partial charge on any atom is 0.253 e. The molecule has 0 spiro atoms. The van der Waals surface area contributed by atoms with E-state index in [1.54, 1.807) is 0 Å². The summed E-state index contributed by atoms with van der Waals surface area (Å²) in [6.07, 6.45) is -0.860. The maximum atomic E-state index is 13.0. The van der Waals surface area contributed by atoms with Crippen LogP contribution in [0.2, 0.25) is 20.1 Å². The van der Waals surface area contributed by atoms with Crippen molar-refractivity contribution in [3.8, 4) is 0 Å². The highest BCUT2D eigenvalue weighted by atomic mass is 35.5. The Labute approximate surface area is 217 Å². The van der Waals surface area contributed by atoms with E-state index in [2.05, 4.69) is 10.6 Å². The Balaban J connectivity index is 1.48. The number of benzene rings is 2. The minimum Gasteiger partial charge on any atom is -0.349 e. The zero-order valence-electron chi connectivity index (χ0n) is 16.4. The first kappa shape index (κ1) is 25.1. The molecule has 0 radical (unpaired) electrons. The Morgan fingerprint density at radius 1 is 0.909 bits per heavy atom. The van der Waals surface area contributed by atoms with Crippen LogP contribution < -0.4 is 10.6 Å². The number of hydrogen-bond donors (Lipinski definition) is 2. The summed E-state index contributed by atoms with van der Waals surface area (Å²) in [5.41, 5.74) is 0.765. The van der Waals surface area contributed by atoms with Crippen molar-refractivity contribution in [2.24, 2.45) is 5.92 Å². The summed E-state index contributed by atoms with van der Waals surface area (Å²) in [5, 5.41) is 6.02. The van der Waals surface area contributed by atoms with Crippen molar-refractivity contribution in [2.75, 3.05) is 5.32 Å². The van der Waals surface area contributed by atoms with Gasteiger partial charge in [-0.05, 0) is 35.9 Å². The molecule has 2 amide bonds. The predicted octanol–water partition coefficient (Wildman–Crippen LogP) is 7.35. The van der Waals surface area contributed by atoms with E-state index in [-0.39, 0.29) is 31.3 Å². The van der Waals surface area contributed by atoms with Gasteiger partial charge < -0.3 is 10.6 Å². The summed E-state index contributed by atoms with van der Waals surface area (Å²) in [5.74, 6) is -5.41. The van der Waals surface area contributed by atoms with Crippen LogP contribution in [-0.2, 0) is 4.79 Å². The van der Waals surface area contributed by atoms with Gasteiger partial charge in [-0.15, -0.1) is 23.2 Å². The molecule has 2 unspecified atom stereocenters. The Morgan fingerprint density at radius 2 is 1.55 bits per heavy atom. The number of hydrogen-bond acceptors (Lipinski definition) is 2. The molecule has 2 aliphatic carbocycles. The van der Waals surface area contributed by atoms with Gasteiger partial charge >= 0.3 is 0 Å². The monoisotopic (exact) mass is 574 g/mol. The third kappa shape index (κ3) is 5.02. The number of amides is 2. The molecule has 2 atom stereocenters. The number of rotatable bonds is 5. The van der Waals surface area contributed by atoms with Gasteiger partial charge in [0.05, 0.1) is 26.5 Å². The smallest absolute Gasteiger partial charge is 0.253 e. The second-order valence-corrected chi connectivity index (χ2v) is 11.1. The van der Waals surface area contributed by atoms with Crippen LogP contribution in [0.25, 0.3) is 0 Å². The lowest BCUT2D eigenvalue weighted by Gasteiger charge is -2.35. The van der Waals surface area contributed by atoms with Gasteiger partial charge in [0.15, 0.2) is 0 Å². The molecule has 0 aromatic heterocycles. The van der Waals surface area contributed by atoms with E-state index >= 15 is 0 Å². The molecule has 4 nitrogen and oxygen atoms in total. The summed E-state index contributed by atoms with van der Waals surface area (Å²) in [6, 6.07) is 6.56. The topological polar surface area (TPSA) is 58.2 Å². The summed E-state index contributed by atoms with van der Waals surface area (Å²) in [4.78, 5) is 25.4. The number of alkyl halides is 4. The Bertz CT molecular complexity index is 1150. The summed E-state index contributed by atoms with van der Waals surface area (Å²) in [6.45, 7) is 0. The van der Waals surface area contributed by atoms with Gasteiger partial charge in [-0.1, -0.05) is 46.4 Å². The SMILES string of the molecule is O=C(NC1CC(F)(F)C1)c1cc(NC(=O)C2C(c3cc(Cl)c(Cl)cc3Cl)C2(Cl)Cl)ccc1Cl. The fourth-order valence-electron chi connectivity index (χ4n) is 3.84. The van der Waals surface area contributed by atoms with Crippen molar-refractivity contribution >= 4 is 87.1 Å². The number of carbonyl (C=O) groups is 2. The molecule has 176 valence electrons. The number of anilines is 1. The average Bonchev–Trinajstić information content (AvgIpc) is 3.26. The fourth-order valence-corrected chi connectivity index (χ4v) is 5.53. The molecule has 2 aromatic rings. The van der Waals surface area contributed by atoms with Crippen LogP contribution in [0.1, 0.15) is 34.7 Å². The van der Waals surface area contributed by atoms with Gasteiger partial charge in [0.2, 0.25) is 5.91 Å². The largest absolute Gasteiger partial charge is 0.349 e. The predicted molar refractivity (Wildman–Crippen MR) is 128 cm³/mol. The first-order valence-corrected chi connectivity index (χ1v) is 11.9. The molecular weight excluding hydrogens is 563 g/mol. The van der Waals surface area contributed by atoms with Crippen molar-refractivity contribution in [1.82, 2.24) is 5.32 Å². The van der Waals surface area contributed by atoms with Crippen molar-refractivity contribution in [3.63, 3.8) is 0 Å². The molecule has 0 saturated heterocycles. The van der Waals surface area contributed by atoms with E-state index in [1.807, 2.05) is 0 Å². The van der Waals surface area contributed by atoms with Gasteiger partial charge in [0, 0.05) is 35.5 Å². The van der Waals surface area contributed by atoms with E-state index in [9.17, 15) is 18.4 Å². The van der Waals surface area contributed by atoms with Crippen LogP contribution in [0.15, 0.2) is 30.3 Å². The Kier molecular flexibility index (Phi) is 6.75. The highest BCUT2D eigenvalue weighted by Crippen LogP contribution is 2.66. The van der Waals surface area contributed by atoms with Gasteiger partial charge in [0.25, 0.3) is 11.8 Å². The zero-order valence-corrected chi connectivity index (χ0v) is 20.9. The van der Waals surface area contributed by atoms with Crippen LogP contribution in [0.3, 0.4) is 0 Å². The van der Waals surface area contributed by atoms with Crippen LogP contribution in [0, 0.1) is 5.92 Å². The summed E-state index contributed by atoms with van der Waals surface area (Å²) in [7, 11) is 0. The second-order valence-electron chi connectivity index (χ2n) is 8.04. The van der Waals surface area contributed by atoms with E-state index in [4.69, 9.17) is 69.6 Å². The van der Waals surface area contributed by atoms with Crippen LogP contribution >= 0.6 is 69.6 Å². The molecule has 4 rings (SSSR count). The van der Waals surface area contributed by atoms with Crippen molar-refractivity contribution in [1.29, 1.82) is 0 Å². The first-order chi connectivity index (χ1) is 15.3. The molecule has 33 heavy (non-hydrogen) atoms. The minimum atomic E-state index is -2.77. The quantitative estimate of drug-likeness (QED) is 0.289. The van der Waals surface area contributed by atoms with E-state index in [0.29, 0.717) is 5.56 Å². The molecule has 0 bridgehead atoms. The lowest BCUT2D eigenvalue weighted by molar-refractivity contribution is -0.117. The molecule has 2 aliphatic rings. The molecule has 2 aromatic carbocycles. The molecule has 2 fully saturated rings. The highest BCUT2D eigenvalue weighted by Gasteiger charge is 2.68. The maximum absolute atomic E-state index is 13.0. The van der Waals surface area contributed by atoms with Gasteiger partial charge in [0.1, 0.15) is 4.33 Å². The lowest BCUT2D eigenvalue weighted by Crippen LogP contribution is -2.50. The molecule has 2 saturated carbocycles. The Hall–Kier alpha value is -1.02. The van der Waals surface area contributed by atoms with Crippen LogP contribution in [-0.4, -0.2) is 28.1 Å². The van der Waals surface area contributed by atoms with E-state index in [1.165, 1.54) is 30.3 Å². The number of nitrogens with one attached hydrogen (secondary N) is 2. The third-order valence-electron chi connectivity index (χ3n) is 5.61. The van der Waals surface area contributed by atoms with Gasteiger partial charge in [-0.2, -0.15) is 0 Å². The first-order valence-electron chi connectivity index (χ1n) is 9.61. The standard InChI is InChI=1S/C21H14Cl6F2N2O2/c22-12-2-1-8(3-11(12)18(32)31-9-6-20(28,29)7-9)30-19(33)17-16(21(17,26)27)10-4-14(24)15(25)5-13(10)23/h1-5,9,16-17H,6-7H2,(H,30,33)(H,31,32). The Morgan fingerprint density at radius 3 is 2.18 bits per heavy atom. The number of halogens is 8. The molecular formula is C21H14Cl6F2N2O2. The third-order valence-corrected chi connectivity index (χ3v) is 7.93. The average molecular weight is 577 g/mol. The van der Waals surface area contributed by atoms with Crippen molar-refractivity contribution < 1.29 is 18.4 Å². The van der Waals surface area contributed by atoms with E-state index in [0.717, 1.165) is 0 Å². The highest BCUT2D eigenvalue weighted by molar-refractivity contribution is 6.54. The van der Waals surface area contributed by atoms with Gasteiger partial charge in [-0.25, -0.2) is 8.78 Å². The molecule has 0 aliphatic heterocycles.